The molecule has 2 heterocycles. The Kier molecular flexibility index (Phi) is 7.06. The second-order valence-corrected chi connectivity index (χ2v) is 8.57. The number of aromatic nitrogens is 2. The highest BCUT2D eigenvalue weighted by atomic mass is 32.2. The number of nitrogens with one attached hydrogen (secondary N) is 1. The molecule has 0 spiro atoms. The third-order valence-corrected chi connectivity index (χ3v) is 6.42. The number of amides is 2. The molecule has 9 heteroatoms. The fraction of sp³-hybridized carbons (Fsp3) is 0.348. The summed E-state index contributed by atoms with van der Waals surface area (Å²) in [5.41, 5.74) is 2.46. The molecule has 1 aliphatic rings. The van der Waals surface area contributed by atoms with Gasteiger partial charge in [-0.2, -0.15) is 0 Å². The van der Waals surface area contributed by atoms with Crippen molar-refractivity contribution >= 4 is 40.3 Å². The highest BCUT2D eigenvalue weighted by Gasteiger charge is 2.23. The average molecular weight is 456 g/mol. The quantitative estimate of drug-likeness (QED) is 0.555. The van der Waals surface area contributed by atoms with Gasteiger partial charge in [0, 0.05) is 38.4 Å². The largest absolute Gasteiger partial charge is 0.339 e. The average Bonchev–Trinajstić information content (AvgIpc) is 3.15. The molecular formula is C23H26FN5O2S. The smallest absolute Gasteiger partial charge is 0.238 e. The Balaban J connectivity index is 1.24. The Morgan fingerprint density at radius 2 is 1.88 bits per heavy atom. The van der Waals surface area contributed by atoms with Crippen LogP contribution in [0, 0.1) is 5.82 Å². The van der Waals surface area contributed by atoms with E-state index in [2.05, 4.69) is 21.8 Å². The van der Waals surface area contributed by atoms with E-state index in [-0.39, 0.29) is 24.2 Å². The van der Waals surface area contributed by atoms with Crippen LogP contribution in [-0.2, 0) is 16.1 Å². The number of para-hydroxylation sites is 2. The van der Waals surface area contributed by atoms with E-state index in [1.165, 1.54) is 23.9 Å². The highest BCUT2D eigenvalue weighted by molar-refractivity contribution is 7.99. The zero-order valence-electron chi connectivity index (χ0n) is 18.0. The third kappa shape index (κ3) is 5.28. The standard InChI is InChI=1S/C23H26FN5O2S/c1-2-29-20-9-4-3-8-19(20)26-23(29)32-16-22(31)28-12-10-27(11-13-28)15-21(30)25-18-7-5-6-17(24)14-18/h3-9,14H,2,10-13,15-16H2,1H3,(H,25,30). The van der Waals surface area contributed by atoms with Gasteiger partial charge in [-0.3, -0.25) is 14.5 Å². The number of nitrogens with zero attached hydrogens (tertiary/aromatic N) is 4. The van der Waals surface area contributed by atoms with Crippen LogP contribution in [0.1, 0.15) is 6.92 Å². The first kappa shape index (κ1) is 22.3. The van der Waals surface area contributed by atoms with Gasteiger partial charge in [-0.15, -0.1) is 0 Å². The van der Waals surface area contributed by atoms with Crippen molar-refractivity contribution in [2.75, 3.05) is 43.8 Å². The van der Waals surface area contributed by atoms with Crippen molar-refractivity contribution in [1.82, 2.24) is 19.4 Å². The predicted molar refractivity (Wildman–Crippen MR) is 124 cm³/mol. The number of thioether (sulfide) groups is 1. The number of benzene rings is 2. The highest BCUT2D eigenvalue weighted by Crippen LogP contribution is 2.24. The number of hydrogen-bond acceptors (Lipinski definition) is 5. The van der Waals surface area contributed by atoms with E-state index < -0.39 is 0 Å². The van der Waals surface area contributed by atoms with Crippen molar-refractivity contribution < 1.29 is 14.0 Å². The molecule has 1 aromatic heterocycles. The van der Waals surface area contributed by atoms with E-state index in [1.807, 2.05) is 34.1 Å². The number of imidazole rings is 1. The molecule has 0 radical (unpaired) electrons. The van der Waals surface area contributed by atoms with Crippen molar-refractivity contribution in [3.05, 3.63) is 54.3 Å². The zero-order valence-corrected chi connectivity index (χ0v) is 18.8. The number of anilines is 1. The van der Waals surface area contributed by atoms with Gasteiger partial charge < -0.3 is 14.8 Å². The predicted octanol–water partition coefficient (Wildman–Crippen LogP) is 3.07. The summed E-state index contributed by atoms with van der Waals surface area (Å²) in [7, 11) is 0. The molecule has 7 nitrogen and oxygen atoms in total. The van der Waals surface area contributed by atoms with Gasteiger partial charge in [0.1, 0.15) is 5.82 Å². The number of halogens is 1. The van der Waals surface area contributed by atoms with Gasteiger partial charge in [0.05, 0.1) is 23.3 Å². The number of rotatable bonds is 7. The van der Waals surface area contributed by atoms with E-state index in [1.54, 1.807) is 12.1 Å². The maximum atomic E-state index is 13.3. The molecule has 0 atom stereocenters. The van der Waals surface area contributed by atoms with Crippen LogP contribution in [0.4, 0.5) is 10.1 Å². The number of carbonyl (C=O) groups excluding carboxylic acids is 2. The molecule has 2 amide bonds. The number of hydrogen-bond donors (Lipinski definition) is 1. The summed E-state index contributed by atoms with van der Waals surface area (Å²) in [5, 5.41) is 3.57. The summed E-state index contributed by atoms with van der Waals surface area (Å²) < 4.78 is 15.4. The van der Waals surface area contributed by atoms with Crippen LogP contribution in [-0.4, -0.2) is 69.6 Å². The van der Waals surface area contributed by atoms with Crippen molar-refractivity contribution in [2.45, 2.75) is 18.6 Å². The number of fused-ring (bicyclic) bond motifs is 1. The molecule has 0 unspecified atom stereocenters. The van der Waals surface area contributed by atoms with Crippen LogP contribution < -0.4 is 5.32 Å². The van der Waals surface area contributed by atoms with E-state index in [9.17, 15) is 14.0 Å². The molecule has 1 N–H and O–H groups in total. The topological polar surface area (TPSA) is 70.5 Å². The number of piperazine rings is 1. The number of carbonyl (C=O) groups is 2. The molecule has 1 saturated heterocycles. The Morgan fingerprint density at radius 1 is 1.09 bits per heavy atom. The van der Waals surface area contributed by atoms with Crippen molar-refractivity contribution in [1.29, 1.82) is 0 Å². The van der Waals surface area contributed by atoms with Crippen LogP contribution >= 0.6 is 11.8 Å². The van der Waals surface area contributed by atoms with Crippen LogP contribution in [0.25, 0.3) is 11.0 Å². The monoisotopic (exact) mass is 455 g/mol. The minimum atomic E-state index is -0.387. The molecule has 1 fully saturated rings. The fourth-order valence-corrected chi connectivity index (χ4v) is 4.79. The Labute approximate surface area is 190 Å². The lowest BCUT2D eigenvalue weighted by molar-refractivity contribution is -0.130. The lowest BCUT2D eigenvalue weighted by Gasteiger charge is -2.34. The maximum absolute atomic E-state index is 13.3. The second kappa shape index (κ2) is 10.1. The Hall–Kier alpha value is -2.91. The first-order valence-electron chi connectivity index (χ1n) is 10.7. The van der Waals surface area contributed by atoms with Gasteiger partial charge in [-0.1, -0.05) is 30.0 Å². The van der Waals surface area contributed by atoms with Gasteiger partial charge in [0.2, 0.25) is 11.8 Å². The van der Waals surface area contributed by atoms with E-state index in [0.29, 0.717) is 37.6 Å². The summed E-state index contributed by atoms with van der Waals surface area (Å²) in [4.78, 5) is 33.5. The molecule has 1 aliphatic heterocycles. The van der Waals surface area contributed by atoms with Gasteiger partial charge in [-0.05, 0) is 37.3 Å². The van der Waals surface area contributed by atoms with E-state index >= 15 is 0 Å². The first-order chi connectivity index (χ1) is 15.5. The molecule has 0 saturated carbocycles. The van der Waals surface area contributed by atoms with Gasteiger partial charge in [0.25, 0.3) is 0 Å². The van der Waals surface area contributed by atoms with Crippen LogP contribution in [0.3, 0.4) is 0 Å². The summed E-state index contributed by atoms with van der Waals surface area (Å²) in [6.45, 7) is 5.50. The van der Waals surface area contributed by atoms with Crippen molar-refractivity contribution in [3.8, 4) is 0 Å². The first-order valence-corrected chi connectivity index (χ1v) is 11.7. The summed E-state index contributed by atoms with van der Waals surface area (Å²) in [6, 6.07) is 13.8. The minimum absolute atomic E-state index is 0.0774. The molecule has 4 rings (SSSR count). The summed E-state index contributed by atoms with van der Waals surface area (Å²) >= 11 is 1.47. The zero-order chi connectivity index (χ0) is 22.5. The molecule has 0 aliphatic carbocycles. The van der Waals surface area contributed by atoms with Gasteiger partial charge in [-0.25, -0.2) is 9.37 Å². The summed E-state index contributed by atoms with van der Waals surface area (Å²) in [5.74, 6) is -0.163. The van der Waals surface area contributed by atoms with E-state index in [4.69, 9.17) is 0 Å². The van der Waals surface area contributed by atoms with Crippen LogP contribution in [0.5, 0.6) is 0 Å². The molecule has 168 valence electrons. The molecule has 2 aromatic carbocycles. The molecule has 3 aromatic rings. The minimum Gasteiger partial charge on any atom is -0.339 e. The molecule has 0 bridgehead atoms. The molecular weight excluding hydrogens is 429 g/mol. The Morgan fingerprint density at radius 3 is 2.62 bits per heavy atom. The lowest BCUT2D eigenvalue weighted by atomic mass is 10.3. The normalized spacial score (nSPS) is 14.6. The number of aryl methyl sites for hydroxylation is 1. The third-order valence-electron chi connectivity index (χ3n) is 5.46. The van der Waals surface area contributed by atoms with Crippen LogP contribution in [0.2, 0.25) is 0 Å². The summed E-state index contributed by atoms with van der Waals surface area (Å²) in [6.07, 6.45) is 0. The van der Waals surface area contributed by atoms with Crippen molar-refractivity contribution in [3.63, 3.8) is 0 Å². The maximum Gasteiger partial charge on any atom is 0.238 e. The van der Waals surface area contributed by atoms with Crippen LogP contribution in [0.15, 0.2) is 53.7 Å². The van der Waals surface area contributed by atoms with Gasteiger partial charge >= 0.3 is 0 Å². The van der Waals surface area contributed by atoms with Crippen molar-refractivity contribution in [2.24, 2.45) is 0 Å². The molecule has 32 heavy (non-hydrogen) atoms. The Bertz CT molecular complexity index is 1110. The SMILES string of the molecule is CCn1c(SCC(=O)N2CCN(CC(=O)Nc3cccc(F)c3)CC2)nc2ccccc21. The van der Waals surface area contributed by atoms with E-state index in [0.717, 1.165) is 22.7 Å². The lowest BCUT2D eigenvalue weighted by Crippen LogP contribution is -2.50. The fourth-order valence-electron chi connectivity index (χ4n) is 3.81. The second-order valence-electron chi connectivity index (χ2n) is 7.63. The van der Waals surface area contributed by atoms with Gasteiger partial charge in [0.15, 0.2) is 5.16 Å².